The van der Waals surface area contributed by atoms with Crippen molar-refractivity contribution in [2.45, 2.75) is 27.7 Å². The van der Waals surface area contributed by atoms with Crippen molar-refractivity contribution in [3.8, 4) is 17.2 Å². The summed E-state index contributed by atoms with van der Waals surface area (Å²) in [7, 11) is 0. The number of nitrogens with zero attached hydrogens (tertiary/aromatic N) is 2. The van der Waals surface area contributed by atoms with Crippen LogP contribution in [0.25, 0.3) is 6.08 Å². The topological polar surface area (TPSA) is 116 Å². The second-order valence-electron chi connectivity index (χ2n) is 9.06. The lowest BCUT2D eigenvalue weighted by atomic mass is 10.1. The summed E-state index contributed by atoms with van der Waals surface area (Å²) in [5, 5.41) is 8.49. The monoisotopic (exact) mass is 571 g/mol. The van der Waals surface area contributed by atoms with Gasteiger partial charge in [-0.2, -0.15) is 10.1 Å². The number of carbonyl (C=O) groups is 3. The van der Waals surface area contributed by atoms with E-state index >= 15 is 0 Å². The number of ether oxygens (including phenoxy) is 4. The number of benzene rings is 3. The first-order chi connectivity index (χ1) is 20.3. The Labute approximate surface area is 244 Å². The third kappa shape index (κ3) is 7.34. The first-order valence-electron chi connectivity index (χ1n) is 13.6. The van der Waals surface area contributed by atoms with Gasteiger partial charge in [-0.05, 0) is 100.0 Å². The predicted octanol–water partition coefficient (Wildman–Crippen LogP) is 5.48. The van der Waals surface area contributed by atoms with Gasteiger partial charge in [-0.3, -0.25) is 9.59 Å². The molecule has 218 valence electrons. The number of esters is 1. The van der Waals surface area contributed by atoms with E-state index < -0.39 is 5.97 Å². The standard InChI is InChI=1S/C32H33N3O7/c1-5-39-26-15-11-24(12-16-26)33-30(36)20-42-28-17-8-22(19-29(28)40-6-2)18-27-21(4)34-35(31(27)37)25-13-9-23(10-14-25)32(38)41-7-3/h8-19H,5-7,20H2,1-4H3,(H,33,36). The Balaban J connectivity index is 1.43. The summed E-state index contributed by atoms with van der Waals surface area (Å²) in [5.41, 5.74) is 3.19. The zero-order valence-electron chi connectivity index (χ0n) is 24.0. The molecule has 1 aliphatic heterocycles. The van der Waals surface area contributed by atoms with Crippen molar-refractivity contribution in [2.24, 2.45) is 5.10 Å². The van der Waals surface area contributed by atoms with Gasteiger partial charge in [0, 0.05) is 5.69 Å². The summed E-state index contributed by atoms with van der Waals surface area (Å²) in [4.78, 5) is 37.7. The molecule has 0 radical (unpaired) electrons. The summed E-state index contributed by atoms with van der Waals surface area (Å²) in [6.07, 6.45) is 1.72. The second kappa shape index (κ2) is 14.0. The van der Waals surface area contributed by atoms with Crippen LogP contribution < -0.4 is 24.5 Å². The van der Waals surface area contributed by atoms with E-state index in [9.17, 15) is 14.4 Å². The van der Waals surface area contributed by atoms with Crippen molar-refractivity contribution in [2.75, 3.05) is 36.8 Å². The highest BCUT2D eigenvalue weighted by molar-refractivity contribution is 6.32. The zero-order valence-corrected chi connectivity index (χ0v) is 24.0. The van der Waals surface area contributed by atoms with E-state index in [1.807, 2.05) is 13.8 Å². The molecule has 0 bridgehead atoms. The van der Waals surface area contributed by atoms with Crippen LogP contribution in [-0.2, 0) is 14.3 Å². The highest BCUT2D eigenvalue weighted by atomic mass is 16.5. The molecule has 0 spiro atoms. The van der Waals surface area contributed by atoms with E-state index in [0.717, 1.165) is 5.75 Å². The molecule has 2 amide bonds. The quantitative estimate of drug-likeness (QED) is 0.226. The van der Waals surface area contributed by atoms with E-state index in [-0.39, 0.29) is 25.0 Å². The maximum absolute atomic E-state index is 13.2. The van der Waals surface area contributed by atoms with Crippen molar-refractivity contribution in [3.63, 3.8) is 0 Å². The summed E-state index contributed by atoms with van der Waals surface area (Å²) >= 11 is 0. The predicted molar refractivity (Wildman–Crippen MR) is 160 cm³/mol. The fourth-order valence-corrected chi connectivity index (χ4v) is 4.12. The average Bonchev–Trinajstić information content (AvgIpc) is 3.26. The fraction of sp³-hybridized carbons (Fsp3) is 0.250. The number of hydrazone groups is 1. The third-order valence-electron chi connectivity index (χ3n) is 6.07. The van der Waals surface area contributed by atoms with E-state index in [1.165, 1.54) is 5.01 Å². The van der Waals surface area contributed by atoms with Crippen LogP contribution in [0.5, 0.6) is 17.2 Å². The van der Waals surface area contributed by atoms with Gasteiger partial charge in [0.2, 0.25) is 0 Å². The Hall–Kier alpha value is -5.12. The molecule has 4 rings (SSSR count). The molecule has 1 aliphatic rings. The molecular weight excluding hydrogens is 538 g/mol. The smallest absolute Gasteiger partial charge is 0.338 e. The van der Waals surface area contributed by atoms with Crippen LogP contribution in [0.15, 0.2) is 77.4 Å². The van der Waals surface area contributed by atoms with Gasteiger partial charge in [-0.15, -0.1) is 0 Å². The Kier molecular flexibility index (Phi) is 9.94. The zero-order chi connectivity index (χ0) is 30.1. The van der Waals surface area contributed by atoms with Crippen LogP contribution in [0.2, 0.25) is 0 Å². The lowest BCUT2D eigenvalue weighted by Crippen LogP contribution is -2.21. The molecule has 3 aromatic rings. The molecule has 10 nitrogen and oxygen atoms in total. The third-order valence-corrected chi connectivity index (χ3v) is 6.07. The number of hydrogen-bond donors (Lipinski definition) is 1. The van der Waals surface area contributed by atoms with Gasteiger partial charge >= 0.3 is 5.97 Å². The van der Waals surface area contributed by atoms with Crippen molar-refractivity contribution >= 4 is 40.9 Å². The minimum atomic E-state index is -0.428. The second-order valence-corrected chi connectivity index (χ2v) is 9.06. The molecular formula is C32H33N3O7. The summed E-state index contributed by atoms with van der Waals surface area (Å²) < 4.78 is 21.9. The van der Waals surface area contributed by atoms with Crippen LogP contribution in [0.1, 0.15) is 43.6 Å². The molecule has 0 fully saturated rings. The van der Waals surface area contributed by atoms with Crippen LogP contribution in [0, 0.1) is 0 Å². The van der Waals surface area contributed by atoms with Crippen LogP contribution in [0.4, 0.5) is 11.4 Å². The molecule has 1 N–H and O–H groups in total. The van der Waals surface area contributed by atoms with Crippen LogP contribution in [-0.4, -0.2) is 49.9 Å². The highest BCUT2D eigenvalue weighted by Gasteiger charge is 2.29. The summed E-state index contributed by atoms with van der Waals surface area (Å²) in [6, 6.07) is 18.8. The molecule has 3 aromatic carbocycles. The van der Waals surface area contributed by atoms with Crippen LogP contribution >= 0.6 is 0 Å². The minimum absolute atomic E-state index is 0.220. The summed E-state index contributed by atoms with van der Waals surface area (Å²) in [5.74, 6) is 0.496. The van der Waals surface area contributed by atoms with Crippen molar-refractivity contribution in [1.29, 1.82) is 0 Å². The number of carbonyl (C=O) groups excluding carboxylic acids is 3. The number of amides is 2. The SMILES string of the molecule is CCOC(=O)c1ccc(N2N=C(C)C(=Cc3ccc(OCC(=O)Nc4ccc(OCC)cc4)c(OCC)c3)C2=O)cc1. The maximum atomic E-state index is 13.2. The van der Waals surface area contributed by atoms with Gasteiger partial charge in [0.25, 0.3) is 11.8 Å². The molecule has 0 saturated heterocycles. The van der Waals surface area contributed by atoms with Crippen LogP contribution in [0.3, 0.4) is 0 Å². The number of rotatable bonds is 12. The van der Waals surface area contributed by atoms with E-state index in [4.69, 9.17) is 18.9 Å². The Morgan fingerprint density at radius 1 is 0.857 bits per heavy atom. The highest BCUT2D eigenvalue weighted by Crippen LogP contribution is 2.31. The van der Waals surface area contributed by atoms with Crippen molar-refractivity contribution < 1.29 is 33.3 Å². The molecule has 0 unspecified atom stereocenters. The van der Waals surface area contributed by atoms with Gasteiger partial charge in [0.15, 0.2) is 18.1 Å². The van der Waals surface area contributed by atoms with Gasteiger partial charge in [0.1, 0.15) is 5.75 Å². The van der Waals surface area contributed by atoms with Gasteiger partial charge in [-0.25, -0.2) is 4.79 Å². The first kappa shape index (κ1) is 29.9. The normalized spacial score (nSPS) is 13.5. The van der Waals surface area contributed by atoms with Gasteiger partial charge in [0.05, 0.1) is 42.4 Å². The molecule has 42 heavy (non-hydrogen) atoms. The van der Waals surface area contributed by atoms with Crippen molar-refractivity contribution in [3.05, 3.63) is 83.4 Å². The van der Waals surface area contributed by atoms with E-state index in [2.05, 4.69) is 10.4 Å². The molecule has 0 aromatic heterocycles. The minimum Gasteiger partial charge on any atom is -0.494 e. The largest absolute Gasteiger partial charge is 0.494 e. The van der Waals surface area contributed by atoms with E-state index in [1.54, 1.807) is 86.7 Å². The average molecular weight is 572 g/mol. The molecule has 0 saturated carbocycles. The molecule has 1 heterocycles. The van der Waals surface area contributed by atoms with E-state index in [0.29, 0.717) is 58.5 Å². The lowest BCUT2D eigenvalue weighted by molar-refractivity contribution is -0.118. The Bertz CT molecular complexity index is 1500. The number of hydrogen-bond acceptors (Lipinski definition) is 8. The molecule has 0 aliphatic carbocycles. The Morgan fingerprint density at radius 2 is 1.57 bits per heavy atom. The van der Waals surface area contributed by atoms with Crippen molar-refractivity contribution in [1.82, 2.24) is 0 Å². The first-order valence-corrected chi connectivity index (χ1v) is 13.6. The Morgan fingerprint density at radius 3 is 2.24 bits per heavy atom. The molecule has 10 heteroatoms. The molecule has 0 atom stereocenters. The summed E-state index contributed by atoms with van der Waals surface area (Å²) in [6.45, 7) is 8.24. The fourth-order valence-electron chi connectivity index (χ4n) is 4.12. The number of nitrogens with one attached hydrogen (secondary N) is 1. The number of anilines is 2. The van der Waals surface area contributed by atoms with Gasteiger partial charge < -0.3 is 24.3 Å². The lowest BCUT2D eigenvalue weighted by Gasteiger charge is -2.13. The van der Waals surface area contributed by atoms with Gasteiger partial charge in [-0.1, -0.05) is 6.07 Å². The maximum Gasteiger partial charge on any atom is 0.338 e.